The second kappa shape index (κ2) is 9.65. The van der Waals surface area contributed by atoms with Gasteiger partial charge < -0.3 is 24.5 Å². The summed E-state index contributed by atoms with van der Waals surface area (Å²) in [4.78, 5) is 41.8. The van der Waals surface area contributed by atoms with Crippen LogP contribution in [0.15, 0.2) is 57.0 Å². The van der Waals surface area contributed by atoms with Gasteiger partial charge in [-0.1, -0.05) is 24.3 Å². The number of aromatic carboxylic acids is 1. The number of nitrogens with zero attached hydrogens (tertiary/aromatic N) is 2. The summed E-state index contributed by atoms with van der Waals surface area (Å²) < 4.78 is 11.4. The molecule has 0 bridgehead atoms. The number of aromatic hydroxyl groups is 1. The lowest BCUT2D eigenvalue weighted by Crippen LogP contribution is -2.32. The molecule has 0 aliphatic carbocycles. The molecule has 2 aromatic carbocycles. The number of carboxylic acids is 1. The van der Waals surface area contributed by atoms with Gasteiger partial charge in [0.25, 0.3) is 5.56 Å². The molecule has 1 heterocycles. The average Bonchev–Trinajstić information content (AvgIpc) is 2.78. The van der Waals surface area contributed by atoms with Crippen LogP contribution >= 0.6 is 0 Å². The molecule has 0 atom stereocenters. The summed E-state index contributed by atoms with van der Waals surface area (Å²) in [5.74, 6) is -0.956. The zero-order valence-corrected chi connectivity index (χ0v) is 17.3. The molecular formula is C22H20N3O7-. The van der Waals surface area contributed by atoms with E-state index in [-0.39, 0.29) is 23.4 Å². The molecule has 2 N–H and O–H groups in total. The summed E-state index contributed by atoms with van der Waals surface area (Å²) in [7, 11) is 3.02. The quantitative estimate of drug-likeness (QED) is 0.490. The number of carboxylic acid groups (broad SMARTS) is 1. The van der Waals surface area contributed by atoms with E-state index in [4.69, 9.17) is 9.47 Å². The number of aromatic nitrogens is 2. The largest absolute Gasteiger partial charge is 0.545 e. The van der Waals surface area contributed by atoms with Gasteiger partial charge in [-0.15, -0.1) is 0 Å². The van der Waals surface area contributed by atoms with Crippen LogP contribution in [0.4, 0.5) is 5.69 Å². The SMILES string of the molecule is COc1ccc(CCn2c(O)c(C=Nc3ccccc3C(=O)[O-])c(=O)[nH]c2=O)cc1OC. The summed E-state index contributed by atoms with van der Waals surface area (Å²) in [5, 5.41) is 21.8. The maximum atomic E-state index is 12.2. The minimum atomic E-state index is -1.43. The summed E-state index contributed by atoms with van der Waals surface area (Å²) in [6.07, 6.45) is 1.34. The molecule has 0 fully saturated rings. The van der Waals surface area contributed by atoms with Crippen molar-refractivity contribution >= 4 is 17.9 Å². The number of aliphatic imine (C=N–C) groups is 1. The maximum Gasteiger partial charge on any atom is 0.331 e. The number of nitrogens with one attached hydrogen (secondary N) is 1. The molecule has 0 saturated carbocycles. The van der Waals surface area contributed by atoms with Crippen LogP contribution < -0.4 is 25.8 Å². The van der Waals surface area contributed by atoms with Crippen molar-refractivity contribution in [3.05, 3.63) is 80.0 Å². The van der Waals surface area contributed by atoms with E-state index in [0.29, 0.717) is 17.9 Å². The highest BCUT2D eigenvalue weighted by molar-refractivity contribution is 5.94. The molecule has 166 valence electrons. The number of ether oxygens (including phenoxy) is 2. The molecule has 32 heavy (non-hydrogen) atoms. The number of hydrogen-bond acceptors (Lipinski definition) is 8. The van der Waals surface area contributed by atoms with Crippen LogP contribution in [-0.4, -0.2) is 41.1 Å². The second-order valence-corrected chi connectivity index (χ2v) is 6.65. The van der Waals surface area contributed by atoms with Crippen molar-refractivity contribution < 1.29 is 24.5 Å². The van der Waals surface area contributed by atoms with Crippen LogP contribution in [0, 0.1) is 0 Å². The third kappa shape index (κ3) is 4.69. The standard InChI is InChI=1S/C22H21N3O7/c1-31-17-8-7-13(11-18(17)32-2)9-10-25-20(27)15(19(26)24-22(25)30)12-23-16-6-4-3-5-14(16)21(28)29/h3-8,11-12,27H,9-10H2,1-2H3,(H,28,29)(H,24,26,30)/p-1. The molecule has 1 aromatic heterocycles. The van der Waals surface area contributed by atoms with Crippen molar-refractivity contribution in [3.63, 3.8) is 0 Å². The van der Waals surface area contributed by atoms with Crippen molar-refractivity contribution in [1.29, 1.82) is 0 Å². The topological polar surface area (TPSA) is 146 Å². The highest BCUT2D eigenvalue weighted by Crippen LogP contribution is 2.28. The smallest absolute Gasteiger partial charge is 0.331 e. The monoisotopic (exact) mass is 438 g/mol. The van der Waals surface area contributed by atoms with Gasteiger partial charge in [0.05, 0.1) is 25.9 Å². The number of aryl methyl sites for hydroxylation is 1. The fourth-order valence-corrected chi connectivity index (χ4v) is 3.07. The molecule has 0 unspecified atom stereocenters. The van der Waals surface area contributed by atoms with Crippen LogP contribution in [0.1, 0.15) is 21.5 Å². The first-order chi connectivity index (χ1) is 15.3. The summed E-state index contributed by atoms with van der Waals surface area (Å²) >= 11 is 0. The normalized spacial score (nSPS) is 10.9. The van der Waals surface area contributed by atoms with Crippen molar-refractivity contribution in [2.75, 3.05) is 14.2 Å². The van der Waals surface area contributed by atoms with E-state index in [2.05, 4.69) is 9.98 Å². The Kier molecular flexibility index (Phi) is 6.74. The molecule has 0 radical (unpaired) electrons. The zero-order valence-electron chi connectivity index (χ0n) is 17.3. The van der Waals surface area contributed by atoms with Gasteiger partial charge in [0, 0.05) is 18.3 Å². The van der Waals surface area contributed by atoms with Gasteiger partial charge in [0.15, 0.2) is 11.5 Å². The number of aromatic amines is 1. The van der Waals surface area contributed by atoms with Gasteiger partial charge in [-0.3, -0.25) is 19.3 Å². The Bertz CT molecular complexity index is 1290. The van der Waals surface area contributed by atoms with Gasteiger partial charge in [0.2, 0.25) is 5.88 Å². The first kappa shape index (κ1) is 22.3. The fraction of sp³-hybridized carbons (Fsp3) is 0.182. The van der Waals surface area contributed by atoms with Crippen LogP contribution in [0.2, 0.25) is 0 Å². The van der Waals surface area contributed by atoms with Crippen LogP contribution in [0.3, 0.4) is 0 Å². The second-order valence-electron chi connectivity index (χ2n) is 6.65. The van der Waals surface area contributed by atoms with Crippen LogP contribution in [0.5, 0.6) is 17.4 Å². The lowest BCUT2D eigenvalue weighted by atomic mass is 10.1. The summed E-state index contributed by atoms with van der Waals surface area (Å²) in [6, 6.07) is 11.0. The minimum absolute atomic E-state index is 0.0365. The van der Waals surface area contributed by atoms with E-state index in [0.717, 1.165) is 16.3 Å². The van der Waals surface area contributed by atoms with Gasteiger partial charge in [-0.05, 0) is 30.2 Å². The Morgan fingerprint density at radius 3 is 2.56 bits per heavy atom. The molecule has 10 nitrogen and oxygen atoms in total. The molecule has 0 aliphatic rings. The number of para-hydroxylation sites is 1. The van der Waals surface area contributed by atoms with E-state index >= 15 is 0 Å². The van der Waals surface area contributed by atoms with Crippen molar-refractivity contribution in [3.8, 4) is 17.4 Å². The van der Waals surface area contributed by atoms with Gasteiger partial charge >= 0.3 is 5.69 Å². The predicted molar refractivity (Wildman–Crippen MR) is 114 cm³/mol. The zero-order chi connectivity index (χ0) is 23.3. The Labute approximate surface area is 182 Å². The predicted octanol–water partition coefficient (Wildman–Crippen LogP) is 0.616. The Hall–Kier alpha value is -4.34. The maximum absolute atomic E-state index is 12.2. The molecule has 0 saturated heterocycles. The number of benzene rings is 2. The lowest BCUT2D eigenvalue weighted by Gasteiger charge is -2.12. The lowest BCUT2D eigenvalue weighted by molar-refractivity contribution is -0.254. The molecule has 0 amide bonds. The molecular weight excluding hydrogens is 418 g/mol. The first-order valence-corrected chi connectivity index (χ1v) is 9.47. The van der Waals surface area contributed by atoms with Crippen molar-refractivity contribution in [2.45, 2.75) is 13.0 Å². The minimum Gasteiger partial charge on any atom is -0.545 e. The number of carbonyl (C=O) groups is 1. The third-order valence-electron chi connectivity index (χ3n) is 4.74. The number of rotatable bonds is 8. The molecule has 10 heteroatoms. The molecule has 3 aromatic rings. The average molecular weight is 438 g/mol. The van der Waals surface area contributed by atoms with Crippen molar-refractivity contribution in [1.82, 2.24) is 9.55 Å². The highest BCUT2D eigenvalue weighted by atomic mass is 16.5. The van der Waals surface area contributed by atoms with E-state index in [1.165, 1.54) is 32.4 Å². The number of hydrogen-bond donors (Lipinski definition) is 2. The Morgan fingerprint density at radius 1 is 1.16 bits per heavy atom. The fourth-order valence-electron chi connectivity index (χ4n) is 3.07. The molecule has 0 spiro atoms. The first-order valence-electron chi connectivity index (χ1n) is 9.47. The van der Waals surface area contributed by atoms with Gasteiger partial charge in [-0.2, -0.15) is 0 Å². The summed E-state index contributed by atoms with van der Waals surface area (Å²) in [6.45, 7) is 0.0490. The van der Waals surface area contributed by atoms with Gasteiger partial charge in [-0.25, -0.2) is 4.79 Å². The number of H-pyrrole nitrogens is 1. The number of methoxy groups -OCH3 is 2. The van der Waals surface area contributed by atoms with E-state index < -0.39 is 23.1 Å². The Morgan fingerprint density at radius 2 is 1.88 bits per heavy atom. The van der Waals surface area contributed by atoms with E-state index in [1.807, 2.05) is 0 Å². The number of carbonyl (C=O) groups excluding carboxylic acids is 1. The van der Waals surface area contributed by atoms with E-state index in [1.54, 1.807) is 24.3 Å². The van der Waals surface area contributed by atoms with Gasteiger partial charge in [0.1, 0.15) is 5.56 Å². The Balaban J connectivity index is 1.92. The van der Waals surface area contributed by atoms with Crippen LogP contribution in [0.25, 0.3) is 0 Å². The third-order valence-corrected chi connectivity index (χ3v) is 4.74. The van der Waals surface area contributed by atoms with E-state index in [9.17, 15) is 24.6 Å². The molecule has 0 aliphatic heterocycles. The van der Waals surface area contributed by atoms with Crippen molar-refractivity contribution in [2.24, 2.45) is 4.99 Å². The summed E-state index contributed by atoms with van der Waals surface area (Å²) in [5.41, 5.74) is -1.27. The van der Waals surface area contributed by atoms with Crippen LogP contribution in [-0.2, 0) is 13.0 Å². The molecule has 3 rings (SSSR count). The highest BCUT2D eigenvalue weighted by Gasteiger charge is 2.14.